The van der Waals surface area contributed by atoms with Crippen LogP contribution in [-0.2, 0) is 6.54 Å². The third-order valence-corrected chi connectivity index (χ3v) is 5.02. The minimum absolute atomic E-state index is 0. The molecule has 0 saturated heterocycles. The van der Waals surface area contributed by atoms with Gasteiger partial charge < -0.3 is 21.5 Å². The zero-order valence-corrected chi connectivity index (χ0v) is 16.6. The number of halogens is 3. The molecule has 0 bridgehead atoms. The second-order valence-corrected chi connectivity index (χ2v) is 7.71. The van der Waals surface area contributed by atoms with Crippen molar-refractivity contribution in [1.82, 2.24) is 0 Å². The van der Waals surface area contributed by atoms with E-state index in [4.69, 9.17) is 23.2 Å². The largest absolute Gasteiger partial charge is 1.00 e. The third-order valence-electron chi connectivity index (χ3n) is 3.30. The molecule has 0 aliphatic heterocycles. The molecule has 1 nitrogen and oxygen atoms in total. The standard InChI is InChI=1S/C17H20Cl2NS.BrH/c1-20(2,13-14-6-4-3-5-7-14)10-11-21-17-9-8-15(18)12-16(17)19;/h3-9,12H,10-11,13H2,1-2H3;1H/q+1;/p-1. The van der Waals surface area contributed by atoms with Gasteiger partial charge in [0.1, 0.15) is 6.54 Å². The Kier molecular flexibility index (Phi) is 8.29. The Morgan fingerprint density at radius 1 is 1.00 bits per heavy atom. The number of nitrogens with zero attached hydrogens (tertiary/aromatic N) is 1. The summed E-state index contributed by atoms with van der Waals surface area (Å²) in [6.45, 7) is 2.12. The lowest BCUT2D eigenvalue weighted by molar-refractivity contribution is -0.901. The fourth-order valence-electron chi connectivity index (χ4n) is 2.15. The topological polar surface area (TPSA) is 0 Å². The molecule has 0 unspecified atom stereocenters. The predicted octanol–water partition coefficient (Wildman–Crippen LogP) is 2.37. The van der Waals surface area contributed by atoms with Gasteiger partial charge >= 0.3 is 0 Å². The Labute approximate surface area is 158 Å². The van der Waals surface area contributed by atoms with Crippen molar-refractivity contribution in [2.24, 2.45) is 0 Å². The van der Waals surface area contributed by atoms with E-state index in [9.17, 15) is 0 Å². The minimum Gasteiger partial charge on any atom is -1.00 e. The number of benzene rings is 2. The maximum absolute atomic E-state index is 6.20. The Balaban J connectivity index is 0.00000242. The van der Waals surface area contributed by atoms with Gasteiger partial charge in [-0.05, 0) is 18.2 Å². The fraction of sp³-hybridized carbons (Fsp3) is 0.294. The molecule has 120 valence electrons. The van der Waals surface area contributed by atoms with Crippen molar-refractivity contribution in [2.75, 3.05) is 26.4 Å². The van der Waals surface area contributed by atoms with Gasteiger partial charge in [0.15, 0.2) is 0 Å². The molecule has 0 saturated carbocycles. The van der Waals surface area contributed by atoms with Crippen LogP contribution in [-0.4, -0.2) is 30.9 Å². The summed E-state index contributed by atoms with van der Waals surface area (Å²) in [5.41, 5.74) is 1.37. The lowest BCUT2D eigenvalue weighted by atomic mass is 10.2. The van der Waals surface area contributed by atoms with Gasteiger partial charge in [0, 0.05) is 21.2 Å². The first kappa shape index (κ1) is 19.9. The first-order valence-corrected chi connectivity index (χ1v) is 8.64. The Hall–Kier alpha value is -0.190. The molecule has 0 radical (unpaired) electrons. The minimum atomic E-state index is 0. The van der Waals surface area contributed by atoms with Crippen molar-refractivity contribution in [3.05, 3.63) is 64.1 Å². The van der Waals surface area contributed by atoms with Crippen LogP contribution in [0.25, 0.3) is 0 Å². The summed E-state index contributed by atoms with van der Waals surface area (Å²) in [6, 6.07) is 16.3. The summed E-state index contributed by atoms with van der Waals surface area (Å²) in [6.07, 6.45) is 0. The summed E-state index contributed by atoms with van der Waals surface area (Å²) < 4.78 is 0.961. The van der Waals surface area contributed by atoms with E-state index in [2.05, 4.69) is 44.4 Å². The van der Waals surface area contributed by atoms with Crippen molar-refractivity contribution < 1.29 is 21.5 Å². The van der Waals surface area contributed by atoms with Crippen LogP contribution in [0.5, 0.6) is 0 Å². The molecule has 0 fully saturated rings. The molecule has 5 heteroatoms. The first-order valence-electron chi connectivity index (χ1n) is 6.90. The van der Waals surface area contributed by atoms with E-state index in [1.165, 1.54) is 5.56 Å². The maximum Gasteiger partial charge on any atom is 0.104 e. The smallest absolute Gasteiger partial charge is 0.104 e. The van der Waals surface area contributed by atoms with Crippen LogP contribution in [0.4, 0.5) is 0 Å². The number of rotatable bonds is 6. The van der Waals surface area contributed by atoms with E-state index in [1.54, 1.807) is 17.8 Å². The molecule has 0 aliphatic rings. The number of quaternary nitrogens is 1. The van der Waals surface area contributed by atoms with Crippen LogP contribution in [0.2, 0.25) is 10.0 Å². The van der Waals surface area contributed by atoms with E-state index in [1.807, 2.05) is 12.1 Å². The molecule has 2 aromatic carbocycles. The average Bonchev–Trinajstić information content (AvgIpc) is 2.42. The molecule has 2 aromatic rings. The zero-order chi connectivity index (χ0) is 15.3. The molecular weight excluding hydrogens is 401 g/mol. The van der Waals surface area contributed by atoms with E-state index in [-0.39, 0.29) is 17.0 Å². The molecule has 2 rings (SSSR count). The molecule has 0 N–H and O–H groups in total. The lowest BCUT2D eigenvalue weighted by Crippen LogP contribution is -3.00. The number of hydrogen-bond donors (Lipinski definition) is 0. The Morgan fingerprint density at radius 2 is 1.68 bits per heavy atom. The molecule has 0 heterocycles. The highest BCUT2D eigenvalue weighted by Crippen LogP contribution is 2.29. The predicted molar refractivity (Wildman–Crippen MR) is 94.3 cm³/mol. The zero-order valence-electron chi connectivity index (χ0n) is 12.7. The van der Waals surface area contributed by atoms with Gasteiger partial charge in [-0.1, -0.05) is 53.5 Å². The fourth-order valence-corrected chi connectivity index (χ4v) is 3.89. The van der Waals surface area contributed by atoms with Crippen LogP contribution < -0.4 is 17.0 Å². The SMILES string of the molecule is C[N+](C)(CCSc1ccc(Cl)cc1Cl)Cc1ccccc1.[Br-]. The Bertz CT molecular complexity index is 590. The lowest BCUT2D eigenvalue weighted by Gasteiger charge is -2.29. The van der Waals surface area contributed by atoms with E-state index < -0.39 is 0 Å². The number of thioether (sulfide) groups is 1. The molecular formula is C17H20BrCl2NS. The summed E-state index contributed by atoms with van der Waals surface area (Å²) in [5.74, 6) is 1.03. The molecule has 0 aromatic heterocycles. The van der Waals surface area contributed by atoms with Crippen LogP contribution in [0.1, 0.15) is 5.56 Å². The van der Waals surface area contributed by atoms with Gasteiger partial charge in [0.2, 0.25) is 0 Å². The quantitative estimate of drug-likeness (QED) is 0.510. The van der Waals surface area contributed by atoms with Gasteiger partial charge in [-0.2, -0.15) is 0 Å². The van der Waals surface area contributed by atoms with Crippen molar-refractivity contribution >= 4 is 35.0 Å². The van der Waals surface area contributed by atoms with Crippen LogP contribution >= 0.6 is 35.0 Å². The summed E-state index contributed by atoms with van der Waals surface area (Å²) in [7, 11) is 4.52. The molecule has 0 spiro atoms. The summed E-state index contributed by atoms with van der Waals surface area (Å²) in [5, 5.41) is 1.42. The highest BCUT2D eigenvalue weighted by Gasteiger charge is 2.16. The molecule has 22 heavy (non-hydrogen) atoms. The van der Waals surface area contributed by atoms with Crippen molar-refractivity contribution in [1.29, 1.82) is 0 Å². The van der Waals surface area contributed by atoms with E-state index in [0.29, 0.717) is 5.02 Å². The van der Waals surface area contributed by atoms with Crippen molar-refractivity contribution in [3.63, 3.8) is 0 Å². The monoisotopic (exact) mass is 419 g/mol. The summed E-state index contributed by atoms with van der Waals surface area (Å²) in [4.78, 5) is 1.10. The second-order valence-electron chi connectivity index (χ2n) is 5.73. The third kappa shape index (κ3) is 6.51. The molecule has 0 atom stereocenters. The highest BCUT2D eigenvalue weighted by atomic mass is 79.9. The summed E-state index contributed by atoms with van der Waals surface area (Å²) >= 11 is 13.9. The maximum atomic E-state index is 6.20. The van der Waals surface area contributed by atoms with Gasteiger partial charge in [-0.15, -0.1) is 11.8 Å². The van der Waals surface area contributed by atoms with Crippen molar-refractivity contribution in [2.45, 2.75) is 11.4 Å². The highest BCUT2D eigenvalue weighted by molar-refractivity contribution is 7.99. The van der Waals surface area contributed by atoms with Gasteiger partial charge in [0.25, 0.3) is 0 Å². The van der Waals surface area contributed by atoms with Gasteiger partial charge in [-0.3, -0.25) is 0 Å². The first-order chi connectivity index (χ1) is 9.96. The van der Waals surface area contributed by atoms with E-state index in [0.717, 1.165) is 33.2 Å². The van der Waals surface area contributed by atoms with Crippen LogP contribution in [0.15, 0.2) is 53.4 Å². The Morgan fingerprint density at radius 3 is 2.32 bits per heavy atom. The van der Waals surface area contributed by atoms with Crippen molar-refractivity contribution in [3.8, 4) is 0 Å². The van der Waals surface area contributed by atoms with E-state index >= 15 is 0 Å². The second kappa shape index (κ2) is 9.19. The van der Waals surface area contributed by atoms with Gasteiger partial charge in [-0.25, -0.2) is 0 Å². The van der Waals surface area contributed by atoms with Crippen LogP contribution in [0.3, 0.4) is 0 Å². The normalized spacial score (nSPS) is 11.1. The molecule has 0 aliphatic carbocycles. The average molecular weight is 421 g/mol. The molecule has 0 amide bonds. The number of hydrogen-bond acceptors (Lipinski definition) is 1. The van der Waals surface area contributed by atoms with Crippen LogP contribution in [0, 0.1) is 0 Å². The van der Waals surface area contributed by atoms with Gasteiger partial charge in [0.05, 0.1) is 25.7 Å².